The van der Waals surface area contributed by atoms with Crippen molar-refractivity contribution >= 4 is 23.1 Å². The maximum absolute atomic E-state index is 2.54. The van der Waals surface area contributed by atoms with Gasteiger partial charge in [0.2, 0.25) is 0 Å². The van der Waals surface area contributed by atoms with Crippen LogP contribution in [0, 0.1) is 27.7 Å². The zero-order chi connectivity index (χ0) is 26.8. The van der Waals surface area contributed by atoms with E-state index < -0.39 is 0 Å². The van der Waals surface area contributed by atoms with Crippen molar-refractivity contribution in [3.05, 3.63) is 123 Å². The molecule has 0 fully saturated rings. The number of fused-ring (bicyclic) bond motifs is 3. The maximum Gasteiger partial charge on any atom is 0.327 e. The van der Waals surface area contributed by atoms with Gasteiger partial charge in [0.1, 0.15) is 11.7 Å². The molecule has 39 heavy (non-hydrogen) atoms. The van der Waals surface area contributed by atoms with Crippen molar-refractivity contribution in [3.63, 3.8) is 0 Å². The van der Waals surface area contributed by atoms with Gasteiger partial charge in [-0.2, -0.15) is 11.6 Å². The molecule has 3 aliphatic rings. The van der Waals surface area contributed by atoms with E-state index in [2.05, 4.69) is 128 Å². The minimum atomic E-state index is 0.940. The lowest BCUT2D eigenvalue weighted by molar-refractivity contribution is -0.614. The fraction of sp³-hybridized carbons (Fsp3) is 0.216. The average Bonchev–Trinajstić information content (AvgIpc) is 3.31. The number of benzene rings is 3. The number of pyridine rings is 2. The highest BCUT2D eigenvalue weighted by atomic mass is 15.1. The molecule has 4 aromatic rings. The summed E-state index contributed by atoms with van der Waals surface area (Å²) in [5.41, 5.74) is 16.2. The Bertz CT molecular complexity index is 1940. The Morgan fingerprint density at radius 2 is 1.56 bits per heavy atom. The van der Waals surface area contributed by atoms with Crippen molar-refractivity contribution in [2.24, 2.45) is 0 Å². The highest BCUT2D eigenvalue weighted by Crippen LogP contribution is 2.35. The minimum Gasteiger partial charge on any atom is -0.244 e. The molecule has 2 aliphatic heterocycles. The number of hydrogen-bond acceptors (Lipinski definition) is 0. The fourth-order valence-corrected chi connectivity index (χ4v) is 7.08. The Labute approximate surface area is 230 Å². The lowest BCUT2D eigenvalue weighted by Gasteiger charge is -2.29. The first-order chi connectivity index (χ1) is 19.0. The van der Waals surface area contributed by atoms with Crippen molar-refractivity contribution in [1.82, 2.24) is 0 Å². The lowest BCUT2D eigenvalue weighted by Crippen LogP contribution is -2.41. The summed E-state index contributed by atoms with van der Waals surface area (Å²) in [6, 6.07) is 24.5. The van der Waals surface area contributed by atoms with Crippen LogP contribution >= 0.6 is 0 Å². The van der Waals surface area contributed by atoms with Crippen LogP contribution in [0.25, 0.3) is 45.7 Å². The Kier molecular flexibility index (Phi) is 5.49. The Hall–Kier alpha value is -4.17. The number of nitrogens with zero attached hydrogens (tertiary/aromatic N) is 2. The predicted molar refractivity (Wildman–Crippen MR) is 161 cm³/mol. The normalized spacial score (nSPS) is 12.9. The Balaban J connectivity index is 1.64. The van der Waals surface area contributed by atoms with Crippen LogP contribution < -0.4 is 14.0 Å². The summed E-state index contributed by atoms with van der Waals surface area (Å²) >= 11 is 0. The molecular formula is C37H35N2-. The number of allylic oxidation sites excluding steroid dienone is 1. The molecular weight excluding hydrogens is 472 g/mol. The molecule has 0 radical (unpaired) electrons. The van der Waals surface area contributed by atoms with Crippen LogP contribution in [0.2, 0.25) is 0 Å². The fourth-order valence-electron chi connectivity index (χ4n) is 7.08. The average molecular weight is 508 g/mol. The van der Waals surface area contributed by atoms with Crippen LogP contribution in [0.15, 0.2) is 78.5 Å². The van der Waals surface area contributed by atoms with E-state index in [4.69, 9.17) is 0 Å². The molecule has 0 bridgehead atoms. The molecule has 2 nitrogen and oxygen atoms in total. The van der Waals surface area contributed by atoms with Crippen LogP contribution in [-0.4, -0.2) is 0 Å². The van der Waals surface area contributed by atoms with Gasteiger partial charge in [-0.1, -0.05) is 105 Å². The van der Waals surface area contributed by atoms with E-state index in [1.165, 1.54) is 83.4 Å². The van der Waals surface area contributed by atoms with E-state index in [0.717, 1.165) is 19.3 Å². The van der Waals surface area contributed by atoms with Crippen LogP contribution in [0.5, 0.6) is 0 Å². The first-order valence-corrected chi connectivity index (χ1v) is 14.2. The smallest absolute Gasteiger partial charge is 0.244 e. The van der Waals surface area contributed by atoms with Crippen molar-refractivity contribution in [3.8, 4) is 22.6 Å². The van der Waals surface area contributed by atoms with E-state index in [-0.39, 0.29) is 0 Å². The first kappa shape index (κ1) is 23.9. The number of hydrogen-bond donors (Lipinski definition) is 0. The summed E-state index contributed by atoms with van der Waals surface area (Å²) in [4.78, 5) is 0. The van der Waals surface area contributed by atoms with Crippen molar-refractivity contribution in [2.45, 2.75) is 53.9 Å². The summed E-state index contributed by atoms with van der Waals surface area (Å²) in [5, 5.41) is 2.68. The highest BCUT2D eigenvalue weighted by Gasteiger charge is 2.30. The van der Waals surface area contributed by atoms with Gasteiger partial charge in [-0.25, -0.2) is 8.80 Å². The summed E-state index contributed by atoms with van der Waals surface area (Å²) in [5.74, 6) is 1.29. The molecule has 0 atom stereocenters. The van der Waals surface area contributed by atoms with Crippen LogP contribution in [0.4, 0.5) is 0 Å². The lowest BCUT2D eigenvalue weighted by atomic mass is 9.86. The topological polar surface area (TPSA) is 8.20 Å². The molecule has 2 heteroatoms. The highest BCUT2D eigenvalue weighted by molar-refractivity contribution is 5.92. The van der Waals surface area contributed by atoms with Crippen LogP contribution in [-0.2, 0) is 12.8 Å². The van der Waals surface area contributed by atoms with E-state index in [9.17, 15) is 0 Å². The summed E-state index contributed by atoms with van der Waals surface area (Å²) in [6.07, 6.45) is 10.5. The molecule has 1 aromatic heterocycles. The van der Waals surface area contributed by atoms with Gasteiger partial charge in [0.15, 0.2) is 5.69 Å². The third-order valence-corrected chi connectivity index (χ3v) is 8.60. The number of aromatic nitrogens is 2. The van der Waals surface area contributed by atoms with Gasteiger partial charge >= 0.3 is 5.82 Å². The van der Waals surface area contributed by atoms with Crippen molar-refractivity contribution in [1.29, 1.82) is 0 Å². The maximum atomic E-state index is 2.54. The molecule has 7 rings (SSSR count). The molecule has 0 spiro atoms. The molecule has 0 unspecified atom stereocenters. The quantitative estimate of drug-likeness (QED) is 0.135. The zero-order valence-corrected chi connectivity index (χ0v) is 23.6. The second-order valence-corrected chi connectivity index (χ2v) is 11.4. The van der Waals surface area contributed by atoms with Gasteiger partial charge < -0.3 is 0 Å². The van der Waals surface area contributed by atoms with E-state index in [0.29, 0.717) is 0 Å². The summed E-state index contributed by atoms with van der Waals surface area (Å²) in [7, 11) is 0. The molecule has 0 amide bonds. The van der Waals surface area contributed by atoms with Crippen molar-refractivity contribution in [2.75, 3.05) is 0 Å². The van der Waals surface area contributed by atoms with Gasteiger partial charge in [-0.3, -0.25) is 0 Å². The van der Waals surface area contributed by atoms with Crippen LogP contribution in [0.1, 0.15) is 52.4 Å². The van der Waals surface area contributed by atoms with Gasteiger partial charge in [0.05, 0.1) is 5.69 Å². The molecule has 194 valence electrons. The number of para-hydroxylation sites is 1. The van der Waals surface area contributed by atoms with Crippen LogP contribution in [0.3, 0.4) is 0 Å². The molecule has 3 aromatic carbocycles. The Morgan fingerprint density at radius 1 is 0.846 bits per heavy atom. The van der Waals surface area contributed by atoms with Gasteiger partial charge in [-0.15, -0.1) is 33.6 Å². The molecule has 0 N–H and O–H groups in total. The zero-order valence-electron chi connectivity index (χ0n) is 23.6. The molecule has 1 aliphatic carbocycles. The summed E-state index contributed by atoms with van der Waals surface area (Å²) < 4.78 is 5.02. The number of imidazole rings is 1. The number of rotatable bonds is 5. The predicted octanol–water partition coefficient (Wildman–Crippen LogP) is 6.98. The summed E-state index contributed by atoms with van der Waals surface area (Å²) in [6.45, 7) is 11.3. The monoisotopic (exact) mass is 507 g/mol. The molecule has 0 saturated carbocycles. The molecule has 0 saturated heterocycles. The van der Waals surface area contributed by atoms with Crippen molar-refractivity contribution < 1.29 is 8.80 Å². The second-order valence-electron chi connectivity index (χ2n) is 11.4. The van der Waals surface area contributed by atoms with Gasteiger partial charge in [0, 0.05) is 0 Å². The Morgan fingerprint density at radius 3 is 2.31 bits per heavy atom. The molecule has 3 heterocycles. The van der Waals surface area contributed by atoms with E-state index in [1.807, 2.05) is 0 Å². The minimum absolute atomic E-state index is 0.940. The van der Waals surface area contributed by atoms with E-state index in [1.54, 1.807) is 0 Å². The third-order valence-electron chi connectivity index (χ3n) is 8.60. The SMILES string of the molecule is CCCc1c2[c-]3c(c4ccccc4[n+]4c-3[n+](c[c-]4-c3c(C)cc(C)cc3C)[c-]1C)=CC(Cc1ccccc1)=C2. The largest absolute Gasteiger partial charge is 0.327 e. The number of aryl methyl sites for hydroxylation is 4. The van der Waals surface area contributed by atoms with E-state index >= 15 is 0 Å². The third kappa shape index (κ3) is 3.58. The van der Waals surface area contributed by atoms with Gasteiger partial charge in [-0.05, 0) is 42.8 Å². The van der Waals surface area contributed by atoms with Gasteiger partial charge in [0.25, 0.3) is 0 Å². The first-order valence-electron chi connectivity index (χ1n) is 14.2. The second kappa shape index (κ2) is 8.95. The standard InChI is InChI=1S/C37H35N2/c1-6-12-29-26(5)38-22-34(35-24(3)17-23(2)18-25(35)4)39-33-16-11-10-15-30(33)32-21-28(19-27-13-8-7-9-14-27)20-31(29)36(32)37(38)39/h7-11,13-18,20-22H,6,12,19H2,1-5H3/q-1.